The number of nitrogens with one attached hydrogen (secondary N) is 1. The minimum atomic E-state index is 0.216. The molecule has 18 heavy (non-hydrogen) atoms. The molecule has 1 fully saturated rings. The summed E-state index contributed by atoms with van der Waals surface area (Å²) in [4.78, 5) is 8.95. The highest BCUT2D eigenvalue weighted by atomic mass is 16.5. The fourth-order valence-electron chi connectivity index (χ4n) is 2.20. The summed E-state index contributed by atoms with van der Waals surface area (Å²) in [6.07, 6.45) is 2.89. The highest BCUT2D eigenvalue weighted by Gasteiger charge is 2.29. The lowest BCUT2D eigenvalue weighted by Gasteiger charge is -2.22. The summed E-state index contributed by atoms with van der Waals surface area (Å²) in [5, 5.41) is 3.37. The first-order chi connectivity index (χ1) is 8.75. The summed E-state index contributed by atoms with van der Waals surface area (Å²) in [6, 6.07) is 7.90. The zero-order valence-corrected chi connectivity index (χ0v) is 10.5. The van der Waals surface area contributed by atoms with Crippen LogP contribution in [-0.4, -0.2) is 29.7 Å². The Balaban J connectivity index is 1.74. The standard InChI is InChI=1S/C14H17N3O/c1-14(6-7-18-10-14)9-16-13-8-15-11-4-2-3-5-12(11)17-13/h2-5,8H,6-7,9-10H2,1H3,(H,16,17)/t14-/m1/s1. The van der Waals surface area contributed by atoms with E-state index in [0.29, 0.717) is 0 Å². The first-order valence-corrected chi connectivity index (χ1v) is 6.29. The second-order valence-corrected chi connectivity index (χ2v) is 5.21. The van der Waals surface area contributed by atoms with E-state index in [4.69, 9.17) is 4.74 Å². The van der Waals surface area contributed by atoms with Crippen LogP contribution in [0.3, 0.4) is 0 Å². The van der Waals surface area contributed by atoms with Crippen molar-refractivity contribution < 1.29 is 4.74 Å². The van der Waals surface area contributed by atoms with Crippen molar-refractivity contribution in [3.05, 3.63) is 30.5 Å². The van der Waals surface area contributed by atoms with Crippen LogP contribution < -0.4 is 5.32 Å². The molecule has 1 aromatic heterocycles. The number of benzene rings is 1. The maximum atomic E-state index is 5.44. The van der Waals surface area contributed by atoms with Gasteiger partial charge in [0.15, 0.2) is 0 Å². The quantitative estimate of drug-likeness (QED) is 0.899. The number of hydrogen-bond acceptors (Lipinski definition) is 4. The van der Waals surface area contributed by atoms with Crippen molar-refractivity contribution in [1.82, 2.24) is 9.97 Å². The Morgan fingerprint density at radius 1 is 1.33 bits per heavy atom. The van der Waals surface area contributed by atoms with Crippen molar-refractivity contribution in [2.45, 2.75) is 13.3 Å². The van der Waals surface area contributed by atoms with Crippen molar-refractivity contribution in [3.8, 4) is 0 Å². The molecule has 1 aliphatic rings. The zero-order valence-electron chi connectivity index (χ0n) is 10.5. The fraction of sp³-hybridized carbons (Fsp3) is 0.429. The van der Waals surface area contributed by atoms with E-state index in [2.05, 4.69) is 22.2 Å². The number of hydrogen-bond donors (Lipinski definition) is 1. The van der Waals surface area contributed by atoms with Crippen LogP contribution in [0.15, 0.2) is 30.5 Å². The molecule has 94 valence electrons. The smallest absolute Gasteiger partial charge is 0.145 e. The first-order valence-electron chi connectivity index (χ1n) is 6.29. The molecule has 4 heteroatoms. The van der Waals surface area contributed by atoms with Gasteiger partial charge in [0.05, 0.1) is 23.8 Å². The normalized spacial score (nSPS) is 23.4. The first kappa shape index (κ1) is 11.4. The zero-order chi connectivity index (χ0) is 12.4. The van der Waals surface area contributed by atoms with Gasteiger partial charge in [-0.05, 0) is 18.6 Å². The minimum Gasteiger partial charge on any atom is -0.381 e. The fourth-order valence-corrected chi connectivity index (χ4v) is 2.20. The van der Waals surface area contributed by atoms with Crippen LogP contribution in [0.1, 0.15) is 13.3 Å². The van der Waals surface area contributed by atoms with E-state index in [1.807, 2.05) is 24.3 Å². The Morgan fingerprint density at radius 2 is 2.17 bits per heavy atom. The van der Waals surface area contributed by atoms with Crippen molar-refractivity contribution >= 4 is 16.9 Å². The number of aromatic nitrogens is 2. The molecule has 2 heterocycles. The van der Waals surface area contributed by atoms with E-state index in [0.717, 1.165) is 43.0 Å². The van der Waals surface area contributed by atoms with Crippen LogP contribution >= 0.6 is 0 Å². The van der Waals surface area contributed by atoms with Crippen LogP contribution in [0.25, 0.3) is 11.0 Å². The van der Waals surface area contributed by atoms with E-state index in [-0.39, 0.29) is 5.41 Å². The molecule has 1 atom stereocenters. The topological polar surface area (TPSA) is 47.0 Å². The van der Waals surface area contributed by atoms with E-state index < -0.39 is 0 Å². The van der Waals surface area contributed by atoms with Gasteiger partial charge in [-0.2, -0.15) is 0 Å². The van der Waals surface area contributed by atoms with E-state index >= 15 is 0 Å². The molecule has 1 saturated heterocycles. The number of rotatable bonds is 3. The Hall–Kier alpha value is -1.68. The summed E-state index contributed by atoms with van der Waals surface area (Å²) < 4.78 is 5.44. The molecule has 3 rings (SSSR count). The van der Waals surface area contributed by atoms with E-state index in [1.165, 1.54) is 0 Å². The van der Waals surface area contributed by atoms with Gasteiger partial charge in [0, 0.05) is 18.6 Å². The molecule has 0 bridgehead atoms. The lowest BCUT2D eigenvalue weighted by atomic mass is 9.90. The van der Waals surface area contributed by atoms with Crippen molar-refractivity contribution in [2.24, 2.45) is 5.41 Å². The molecule has 0 aliphatic carbocycles. The van der Waals surface area contributed by atoms with Gasteiger partial charge in [-0.1, -0.05) is 19.1 Å². The molecule has 4 nitrogen and oxygen atoms in total. The van der Waals surface area contributed by atoms with Crippen LogP contribution in [-0.2, 0) is 4.74 Å². The number of fused-ring (bicyclic) bond motifs is 1. The number of nitrogens with zero attached hydrogens (tertiary/aromatic N) is 2. The molecule has 1 N–H and O–H groups in total. The SMILES string of the molecule is C[C@]1(CNc2cnc3ccccc3n2)CCOC1. The second-order valence-electron chi connectivity index (χ2n) is 5.21. The van der Waals surface area contributed by atoms with Gasteiger partial charge in [-0.15, -0.1) is 0 Å². The maximum Gasteiger partial charge on any atom is 0.145 e. The van der Waals surface area contributed by atoms with Crippen molar-refractivity contribution in [2.75, 3.05) is 25.1 Å². The van der Waals surface area contributed by atoms with Gasteiger partial charge in [-0.3, -0.25) is 4.98 Å². The van der Waals surface area contributed by atoms with Gasteiger partial charge >= 0.3 is 0 Å². The Labute approximate surface area is 106 Å². The molecule has 0 saturated carbocycles. The second kappa shape index (κ2) is 4.53. The number of anilines is 1. The van der Waals surface area contributed by atoms with E-state index in [1.54, 1.807) is 6.20 Å². The molecule has 1 aliphatic heterocycles. The van der Waals surface area contributed by atoms with Crippen LogP contribution in [0.4, 0.5) is 5.82 Å². The molecule has 0 radical (unpaired) electrons. The largest absolute Gasteiger partial charge is 0.381 e. The number of ether oxygens (including phenoxy) is 1. The molecule has 0 spiro atoms. The van der Waals surface area contributed by atoms with Gasteiger partial charge < -0.3 is 10.1 Å². The van der Waals surface area contributed by atoms with Gasteiger partial charge in [-0.25, -0.2) is 4.98 Å². The summed E-state index contributed by atoms with van der Waals surface area (Å²) in [5.41, 5.74) is 2.07. The van der Waals surface area contributed by atoms with E-state index in [9.17, 15) is 0 Å². The summed E-state index contributed by atoms with van der Waals surface area (Å²) >= 11 is 0. The summed E-state index contributed by atoms with van der Waals surface area (Å²) in [5.74, 6) is 0.835. The molecule has 1 aromatic carbocycles. The third-order valence-corrected chi connectivity index (χ3v) is 3.45. The van der Waals surface area contributed by atoms with Crippen LogP contribution in [0, 0.1) is 5.41 Å². The monoisotopic (exact) mass is 243 g/mol. The van der Waals surface area contributed by atoms with Crippen molar-refractivity contribution in [3.63, 3.8) is 0 Å². The molecule has 0 amide bonds. The third-order valence-electron chi connectivity index (χ3n) is 3.45. The van der Waals surface area contributed by atoms with Gasteiger partial charge in [0.25, 0.3) is 0 Å². The molecular formula is C14H17N3O. The molecule has 0 unspecified atom stereocenters. The van der Waals surface area contributed by atoms with Gasteiger partial charge in [0.1, 0.15) is 5.82 Å². The van der Waals surface area contributed by atoms with Crippen LogP contribution in [0.5, 0.6) is 0 Å². The van der Waals surface area contributed by atoms with Crippen LogP contribution in [0.2, 0.25) is 0 Å². The molecular weight excluding hydrogens is 226 g/mol. The minimum absolute atomic E-state index is 0.216. The average molecular weight is 243 g/mol. The molecule has 2 aromatic rings. The highest BCUT2D eigenvalue weighted by molar-refractivity contribution is 5.75. The summed E-state index contributed by atoms with van der Waals surface area (Å²) in [6.45, 7) is 4.80. The van der Waals surface area contributed by atoms with Crippen molar-refractivity contribution in [1.29, 1.82) is 0 Å². The Kier molecular flexibility index (Phi) is 2.88. The lowest BCUT2D eigenvalue weighted by Crippen LogP contribution is -2.27. The predicted octanol–water partition coefficient (Wildman–Crippen LogP) is 2.47. The predicted molar refractivity (Wildman–Crippen MR) is 71.6 cm³/mol. The Morgan fingerprint density at radius 3 is 2.94 bits per heavy atom. The number of para-hydroxylation sites is 2. The third kappa shape index (κ3) is 2.29. The lowest BCUT2D eigenvalue weighted by molar-refractivity contribution is 0.164. The highest BCUT2D eigenvalue weighted by Crippen LogP contribution is 2.27. The average Bonchev–Trinajstić information content (AvgIpc) is 2.84. The van der Waals surface area contributed by atoms with Gasteiger partial charge in [0.2, 0.25) is 0 Å². The summed E-state index contributed by atoms with van der Waals surface area (Å²) in [7, 11) is 0. The maximum absolute atomic E-state index is 5.44. The Bertz CT molecular complexity index is 549.